The normalized spacial score (nSPS) is 10.0. The molecule has 0 fully saturated rings. The van der Waals surface area contributed by atoms with Gasteiger partial charge in [-0.2, -0.15) is 0 Å². The molecule has 1 rings (SSSR count). The predicted octanol–water partition coefficient (Wildman–Crippen LogP) is 3.11. The minimum Gasteiger partial charge on any atom is -0.508 e. The van der Waals surface area contributed by atoms with Crippen molar-refractivity contribution in [3.05, 3.63) is 46.3 Å². The van der Waals surface area contributed by atoms with E-state index in [1.807, 2.05) is 18.2 Å². The van der Waals surface area contributed by atoms with E-state index in [2.05, 4.69) is 10.0 Å². The first-order valence-electron chi connectivity index (χ1n) is 4.29. The third-order valence-electron chi connectivity index (χ3n) is 1.64. The molecule has 0 aliphatic rings. The van der Waals surface area contributed by atoms with Crippen molar-refractivity contribution in [3.63, 3.8) is 0 Å². The van der Waals surface area contributed by atoms with E-state index >= 15 is 0 Å². The average molecular weight is 189 g/mol. The lowest BCUT2D eigenvalue weighted by molar-refractivity contribution is 0.475. The van der Waals surface area contributed by atoms with Crippen LogP contribution in [0.4, 0.5) is 0 Å². The summed E-state index contributed by atoms with van der Waals surface area (Å²) >= 11 is 0. The summed E-state index contributed by atoms with van der Waals surface area (Å²) < 4.78 is 0. The van der Waals surface area contributed by atoms with Crippen LogP contribution in [0.2, 0.25) is 0 Å². The van der Waals surface area contributed by atoms with E-state index in [4.69, 9.17) is 10.6 Å². The zero-order valence-corrected chi connectivity index (χ0v) is 7.67. The summed E-state index contributed by atoms with van der Waals surface area (Å²) in [5, 5.41) is 12.6. The highest BCUT2D eigenvalue weighted by Gasteiger charge is 1.88. The minimum atomic E-state index is 0.252. The lowest BCUT2D eigenvalue weighted by Crippen LogP contribution is -1.74. The SMILES string of the molecule is [N-]=[N+]=NCCC=Cc1cccc(O)c1. The Balaban J connectivity index is 2.47. The average Bonchev–Trinajstić information content (AvgIpc) is 2.18. The highest BCUT2D eigenvalue weighted by molar-refractivity contribution is 5.51. The molecule has 14 heavy (non-hydrogen) atoms. The van der Waals surface area contributed by atoms with Crippen molar-refractivity contribution in [2.45, 2.75) is 6.42 Å². The highest BCUT2D eigenvalue weighted by Crippen LogP contribution is 2.12. The van der Waals surface area contributed by atoms with Gasteiger partial charge in [0.2, 0.25) is 0 Å². The monoisotopic (exact) mass is 189 g/mol. The standard InChI is InChI=1S/C10H11N3O/c11-13-12-7-2-1-4-9-5-3-6-10(14)8-9/h1,3-6,8,14H,2,7H2. The van der Waals surface area contributed by atoms with Gasteiger partial charge >= 0.3 is 0 Å². The summed E-state index contributed by atoms with van der Waals surface area (Å²) in [4.78, 5) is 2.65. The van der Waals surface area contributed by atoms with E-state index < -0.39 is 0 Å². The van der Waals surface area contributed by atoms with E-state index in [1.165, 1.54) is 0 Å². The number of aromatic hydroxyl groups is 1. The minimum absolute atomic E-state index is 0.252. The Labute approximate surface area is 82.1 Å². The maximum Gasteiger partial charge on any atom is 0.116 e. The number of phenols is 1. The molecular formula is C10H11N3O. The molecule has 4 heteroatoms. The maximum atomic E-state index is 9.15. The van der Waals surface area contributed by atoms with Crippen molar-refractivity contribution in [2.24, 2.45) is 5.11 Å². The van der Waals surface area contributed by atoms with Crippen LogP contribution in [-0.2, 0) is 0 Å². The number of azide groups is 1. The Morgan fingerprint density at radius 1 is 1.50 bits per heavy atom. The van der Waals surface area contributed by atoms with E-state index in [0.717, 1.165) is 5.56 Å². The molecular weight excluding hydrogens is 178 g/mol. The van der Waals surface area contributed by atoms with Gasteiger partial charge in [0, 0.05) is 11.5 Å². The van der Waals surface area contributed by atoms with Crippen molar-refractivity contribution < 1.29 is 5.11 Å². The van der Waals surface area contributed by atoms with E-state index in [1.54, 1.807) is 18.2 Å². The van der Waals surface area contributed by atoms with Crippen molar-refractivity contribution in [2.75, 3.05) is 6.54 Å². The molecule has 0 bridgehead atoms. The maximum absolute atomic E-state index is 9.15. The Kier molecular flexibility index (Phi) is 4.11. The van der Waals surface area contributed by atoms with Gasteiger partial charge in [-0.15, -0.1) is 0 Å². The summed E-state index contributed by atoms with van der Waals surface area (Å²) in [6.45, 7) is 0.464. The number of rotatable bonds is 4. The lowest BCUT2D eigenvalue weighted by atomic mass is 10.2. The molecule has 0 heterocycles. The van der Waals surface area contributed by atoms with Crippen LogP contribution >= 0.6 is 0 Å². The number of nitrogens with zero attached hydrogens (tertiary/aromatic N) is 3. The number of phenolic OH excluding ortho intramolecular Hbond substituents is 1. The first-order chi connectivity index (χ1) is 6.83. The second kappa shape index (κ2) is 5.67. The molecule has 0 amide bonds. The van der Waals surface area contributed by atoms with Crippen LogP contribution in [0.25, 0.3) is 16.5 Å². The second-order valence-electron chi connectivity index (χ2n) is 2.74. The Morgan fingerprint density at radius 2 is 2.36 bits per heavy atom. The largest absolute Gasteiger partial charge is 0.508 e. The molecule has 4 nitrogen and oxygen atoms in total. The summed E-state index contributed by atoms with van der Waals surface area (Å²) in [6.07, 6.45) is 4.50. The fraction of sp³-hybridized carbons (Fsp3) is 0.200. The first-order valence-corrected chi connectivity index (χ1v) is 4.29. The fourth-order valence-corrected chi connectivity index (χ4v) is 1.02. The van der Waals surface area contributed by atoms with Crippen molar-refractivity contribution in [1.29, 1.82) is 0 Å². The van der Waals surface area contributed by atoms with Crippen molar-refractivity contribution in [1.82, 2.24) is 0 Å². The van der Waals surface area contributed by atoms with Gasteiger partial charge < -0.3 is 5.11 Å². The van der Waals surface area contributed by atoms with Gasteiger partial charge in [0.1, 0.15) is 5.75 Å². The molecule has 0 aliphatic heterocycles. The summed E-state index contributed by atoms with van der Waals surface area (Å²) in [5.41, 5.74) is 8.96. The van der Waals surface area contributed by atoms with E-state index in [9.17, 15) is 0 Å². The molecule has 1 aromatic rings. The predicted molar refractivity (Wildman–Crippen MR) is 55.8 cm³/mol. The highest BCUT2D eigenvalue weighted by atomic mass is 16.3. The molecule has 1 N–H and O–H groups in total. The molecule has 0 spiro atoms. The summed E-state index contributed by atoms with van der Waals surface area (Å²) in [6, 6.07) is 6.97. The number of hydrogen-bond donors (Lipinski definition) is 1. The molecule has 0 saturated carbocycles. The topological polar surface area (TPSA) is 69.0 Å². The molecule has 0 unspecified atom stereocenters. The Hall–Kier alpha value is -1.93. The summed E-state index contributed by atoms with van der Waals surface area (Å²) in [5.74, 6) is 0.252. The zero-order valence-electron chi connectivity index (χ0n) is 7.67. The van der Waals surface area contributed by atoms with Crippen LogP contribution in [-0.4, -0.2) is 11.7 Å². The van der Waals surface area contributed by atoms with Gasteiger partial charge in [0.15, 0.2) is 0 Å². The van der Waals surface area contributed by atoms with Crippen LogP contribution < -0.4 is 0 Å². The third-order valence-corrected chi connectivity index (χ3v) is 1.64. The fourth-order valence-electron chi connectivity index (χ4n) is 1.02. The van der Waals surface area contributed by atoms with Crippen LogP contribution in [0.1, 0.15) is 12.0 Å². The molecule has 1 aromatic carbocycles. The third kappa shape index (κ3) is 3.65. The number of benzene rings is 1. The quantitative estimate of drug-likeness (QED) is 0.336. The van der Waals surface area contributed by atoms with E-state index in [0.29, 0.717) is 13.0 Å². The number of hydrogen-bond acceptors (Lipinski definition) is 2. The molecule has 0 aliphatic carbocycles. The zero-order chi connectivity index (χ0) is 10.2. The van der Waals surface area contributed by atoms with Gasteiger partial charge in [-0.1, -0.05) is 29.4 Å². The molecule has 72 valence electrons. The molecule has 0 saturated heterocycles. The van der Waals surface area contributed by atoms with Crippen LogP contribution in [0.15, 0.2) is 35.5 Å². The van der Waals surface area contributed by atoms with Crippen LogP contribution in [0, 0.1) is 0 Å². The smallest absolute Gasteiger partial charge is 0.116 e. The van der Waals surface area contributed by atoms with E-state index in [-0.39, 0.29) is 5.75 Å². The van der Waals surface area contributed by atoms with Crippen LogP contribution in [0.3, 0.4) is 0 Å². The Morgan fingerprint density at radius 3 is 3.07 bits per heavy atom. The molecule has 0 atom stereocenters. The van der Waals surface area contributed by atoms with Gasteiger partial charge in [0.25, 0.3) is 0 Å². The molecule has 0 radical (unpaired) electrons. The lowest BCUT2D eigenvalue weighted by Gasteiger charge is -1.93. The van der Waals surface area contributed by atoms with Crippen molar-refractivity contribution in [3.8, 4) is 5.75 Å². The van der Waals surface area contributed by atoms with Gasteiger partial charge in [-0.3, -0.25) is 0 Å². The Bertz CT molecular complexity index is 367. The second-order valence-corrected chi connectivity index (χ2v) is 2.74. The van der Waals surface area contributed by atoms with Crippen LogP contribution in [0.5, 0.6) is 5.75 Å². The van der Waals surface area contributed by atoms with Crippen molar-refractivity contribution >= 4 is 6.08 Å². The van der Waals surface area contributed by atoms with Gasteiger partial charge in [-0.25, -0.2) is 0 Å². The molecule has 0 aromatic heterocycles. The van der Waals surface area contributed by atoms with Gasteiger partial charge in [0.05, 0.1) is 0 Å². The first kappa shape index (κ1) is 10.2. The van der Waals surface area contributed by atoms with Gasteiger partial charge in [-0.05, 0) is 29.6 Å². The summed E-state index contributed by atoms with van der Waals surface area (Å²) in [7, 11) is 0.